The van der Waals surface area contributed by atoms with E-state index >= 15 is 0 Å². The first kappa shape index (κ1) is 18.0. The van der Waals surface area contributed by atoms with E-state index < -0.39 is 0 Å². The molecule has 1 amide bonds. The van der Waals surface area contributed by atoms with Gasteiger partial charge in [-0.05, 0) is 37.1 Å². The van der Waals surface area contributed by atoms with Crippen LogP contribution in [0.3, 0.4) is 0 Å². The van der Waals surface area contributed by atoms with Crippen LogP contribution in [0.1, 0.15) is 36.3 Å². The molecule has 3 heterocycles. The lowest BCUT2D eigenvalue weighted by molar-refractivity contribution is -0.116. The summed E-state index contributed by atoms with van der Waals surface area (Å²) < 4.78 is 11.3. The molecule has 7 nitrogen and oxygen atoms in total. The molecule has 1 aromatic carbocycles. The molecular formula is C20H26N4O3. The zero-order valence-electron chi connectivity index (χ0n) is 15.4. The van der Waals surface area contributed by atoms with Crippen molar-refractivity contribution in [3.63, 3.8) is 0 Å². The van der Waals surface area contributed by atoms with Gasteiger partial charge in [0.25, 0.3) is 0 Å². The topological polar surface area (TPSA) is 79.5 Å². The number of anilines is 1. The minimum Gasteiger partial charge on any atom is -0.494 e. The molecule has 2 aliphatic rings. The van der Waals surface area contributed by atoms with E-state index in [4.69, 9.17) is 9.47 Å². The van der Waals surface area contributed by atoms with Crippen LogP contribution in [0.15, 0.2) is 30.5 Å². The Morgan fingerprint density at radius 2 is 2.15 bits per heavy atom. The van der Waals surface area contributed by atoms with Gasteiger partial charge in [0.05, 0.1) is 26.0 Å². The highest BCUT2D eigenvalue weighted by Crippen LogP contribution is 2.36. The molecule has 27 heavy (non-hydrogen) atoms. The van der Waals surface area contributed by atoms with E-state index in [1.54, 1.807) is 6.20 Å². The lowest BCUT2D eigenvalue weighted by atomic mass is 9.87. The third kappa shape index (κ3) is 4.48. The van der Waals surface area contributed by atoms with E-state index in [2.05, 4.69) is 20.4 Å². The Labute approximate surface area is 159 Å². The van der Waals surface area contributed by atoms with Gasteiger partial charge in [0, 0.05) is 31.0 Å². The summed E-state index contributed by atoms with van der Waals surface area (Å²) in [5.74, 6) is 1.57. The van der Waals surface area contributed by atoms with Crippen LogP contribution in [0, 0.1) is 0 Å². The molecule has 0 bridgehead atoms. The maximum atomic E-state index is 12.0. The first-order valence-corrected chi connectivity index (χ1v) is 9.65. The third-order valence-electron chi connectivity index (χ3n) is 5.20. The van der Waals surface area contributed by atoms with E-state index in [0.29, 0.717) is 18.8 Å². The molecular weight excluding hydrogens is 344 g/mol. The number of H-pyrrole nitrogens is 1. The van der Waals surface area contributed by atoms with Crippen molar-refractivity contribution in [2.75, 3.05) is 44.8 Å². The first-order chi connectivity index (χ1) is 13.3. The van der Waals surface area contributed by atoms with Crippen LogP contribution < -0.4 is 10.1 Å². The predicted molar refractivity (Wildman–Crippen MR) is 102 cm³/mol. The molecule has 0 radical (unpaired) electrons. The Morgan fingerprint density at radius 1 is 1.26 bits per heavy atom. The van der Waals surface area contributed by atoms with Crippen molar-refractivity contribution in [2.24, 2.45) is 0 Å². The summed E-state index contributed by atoms with van der Waals surface area (Å²) in [5.41, 5.74) is 2.11. The Bertz CT molecular complexity index is 770. The summed E-state index contributed by atoms with van der Waals surface area (Å²) in [7, 11) is 0. The van der Waals surface area contributed by atoms with Crippen molar-refractivity contribution < 1.29 is 14.3 Å². The van der Waals surface area contributed by atoms with Crippen LogP contribution in [-0.4, -0.2) is 60.5 Å². The maximum absolute atomic E-state index is 12.0. The standard InChI is InChI=1S/C20H26N4O3/c25-19-13-17(18-14-21-23-20(18)22-19)15-4-3-5-16(12-15)27-9-2-1-6-24-7-10-26-11-8-24/h3-5,12,14,17H,1-2,6-11,13H2,(H2,21,22,23,25)/t17-/m0/s1. The van der Waals surface area contributed by atoms with E-state index in [1.165, 1.54) is 0 Å². The van der Waals surface area contributed by atoms with Gasteiger partial charge in [-0.3, -0.25) is 14.8 Å². The Hall–Kier alpha value is -2.38. The summed E-state index contributed by atoms with van der Waals surface area (Å²) in [6, 6.07) is 8.06. The number of fused-ring (bicyclic) bond motifs is 1. The largest absolute Gasteiger partial charge is 0.494 e. The second-order valence-electron chi connectivity index (χ2n) is 7.09. The number of nitrogens with one attached hydrogen (secondary N) is 2. The number of amides is 1. The van der Waals surface area contributed by atoms with Crippen molar-refractivity contribution >= 4 is 11.7 Å². The molecule has 0 spiro atoms. The van der Waals surface area contributed by atoms with Gasteiger partial charge in [-0.1, -0.05) is 12.1 Å². The highest BCUT2D eigenvalue weighted by atomic mass is 16.5. The number of benzene rings is 1. The highest BCUT2D eigenvalue weighted by molar-refractivity contribution is 5.94. The number of carbonyl (C=O) groups is 1. The number of aromatic nitrogens is 2. The summed E-state index contributed by atoms with van der Waals surface area (Å²) in [6.45, 7) is 5.58. The third-order valence-corrected chi connectivity index (χ3v) is 5.20. The fourth-order valence-electron chi connectivity index (χ4n) is 3.72. The number of rotatable bonds is 7. The summed E-state index contributed by atoms with van der Waals surface area (Å²) in [6.07, 6.45) is 4.37. The van der Waals surface area contributed by atoms with Crippen LogP contribution in [0.2, 0.25) is 0 Å². The SMILES string of the molecule is O=C1C[C@@H](c2cccc(OCCCCN3CCOCC3)c2)c2cn[nH]c2N1. The summed E-state index contributed by atoms with van der Waals surface area (Å²) in [5, 5.41) is 9.74. The second-order valence-corrected chi connectivity index (χ2v) is 7.09. The van der Waals surface area contributed by atoms with Gasteiger partial charge in [0.2, 0.25) is 5.91 Å². The molecule has 1 saturated heterocycles. The van der Waals surface area contributed by atoms with Crippen molar-refractivity contribution in [3.05, 3.63) is 41.6 Å². The summed E-state index contributed by atoms with van der Waals surface area (Å²) >= 11 is 0. The van der Waals surface area contributed by atoms with Gasteiger partial charge >= 0.3 is 0 Å². The Morgan fingerprint density at radius 3 is 3.04 bits per heavy atom. The molecule has 0 aliphatic carbocycles. The number of ether oxygens (including phenoxy) is 2. The van der Waals surface area contributed by atoms with E-state index in [0.717, 1.165) is 62.6 Å². The molecule has 0 saturated carbocycles. The van der Waals surface area contributed by atoms with Gasteiger partial charge < -0.3 is 14.8 Å². The second kappa shape index (κ2) is 8.54. The van der Waals surface area contributed by atoms with Crippen molar-refractivity contribution in [2.45, 2.75) is 25.2 Å². The molecule has 2 N–H and O–H groups in total. The van der Waals surface area contributed by atoms with Crippen molar-refractivity contribution in [1.82, 2.24) is 15.1 Å². The zero-order chi connectivity index (χ0) is 18.5. The number of morpholine rings is 1. The maximum Gasteiger partial charge on any atom is 0.226 e. The van der Waals surface area contributed by atoms with Gasteiger partial charge in [-0.15, -0.1) is 0 Å². The average molecular weight is 370 g/mol. The molecule has 144 valence electrons. The minimum atomic E-state index is 0.00573. The minimum absolute atomic E-state index is 0.00573. The Balaban J connectivity index is 1.30. The van der Waals surface area contributed by atoms with Gasteiger partial charge in [-0.2, -0.15) is 5.10 Å². The average Bonchev–Trinajstić information content (AvgIpc) is 3.16. The van der Waals surface area contributed by atoms with Crippen molar-refractivity contribution in [3.8, 4) is 5.75 Å². The number of hydrogen-bond donors (Lipinski definition) is 2. The lowest BCUT2D eigenvalue weighted by Crippen LogP contribution is -2.36. The fraction of sp³-hybridized carbons (Fsp3) is 0.500. The molecule has 2 aliphatic heterocycles. The van der Waals surface area contributed by atoms with Gasteiger partial charge in [0.15, 0.2) is 0 Å². The summed E-state index contributed by atoms with van der Waals surface area (Å²) in [4.78, 5) is 14.4. The zero-order valence-corrected chi connectivity index (χ0v) is 15.4. The van der Waals surface area contributed by atoms with Crippen LogP contribution >= 0.6 is 0 Å². The molecule has 7 heteroatoms. The van der Waals surface area contributed by atoms with Gasteiger partial charge in [0.1, 0.15) is 11.6 Å². The number of aromatic amines is 1. The Kier molecular flexibility index (Phi) is 5.69. The van der Waals surface area contributed by atoms with Crippen molar-refractivity contribution in [1.29, 1.82) is 0 Å². The monoisotopic (exact) mass is 370 g/mol. The fourth-order valence-corrected chi connectivity index (χ4v) is 3.72. The predicted octanol–water partition coefficient (Wildman–Crippen LogP) is 2.37. The molecule has 2 aromatic rings. The normalized spacial score (nSPS) is 20.1. The quantitative estimate of drug-likeness (QED) is 0.732. The molecule has 4 rings (SSSR count). The molecule has 1 atom stereocenters. The van der Waals surface area contributed by atoms with E-state index in [1.807, 2.05) is 24.3 Å². The van der Waals surface area contributed by atoms with Crippen LogP contribution in [0.4, 0.5) is 5.82 Å². The smallest absolute Gasteiger partial charge is 0.226 e. The molecule has 0 unspecified atom stereocenters. The van der Waals surface area contributed by atoms with Crippen LogP contribution in [0.5, 0.6) is 5.75 Å². The van der Waals surface area contributed by atoms with Gasteiger partial charge in [-0.25, -0.2) is 0 Å². The van der Waals surface area contributed by atoms with E-state index in [-0.39, 0.29) is 11.8 Å². The highest BCUT2D eigenvalue weighted by Gasteiger charge is 2.28. The lowest BCUT2D eigenvalue weighted by Gasteiger charge is -2.26. The number of carbonyl (C=O) groups excluding carboxylic acids is 1. The van der Waals surface area contributed by atoms with Crippen LogP contribution in [0.25, 0.3) is 0 Å². The van der Waals surface area contributed by atoms with Crippen LogP contribution in [-0.2, 0) is 9.53 Å². The number of nitrogens with zero attached hydrogens (tertiary/aromatic N) is 2. The molecule has 1 aromatic heterocycles. The first-order valence-electron chi connectivity index (χ1n) is 9.65. The molecule has 1 fully saturated rings. The number of hydrogen-bond acceptors (Lipinski definition) is 5. The number of unbranched alkanes of at least 4 members (excludes halogenated alkanes) is 1. The van der Waals surface area contributed by atoms with E-state index in [9.17, 15) is 4.79 Å².